The highest BCUT2D eigenvalue weighted by Crippen LogP contribution is 2.56. The van der Waals surface area contributed by atoms with Gasteiger partial charge in [-0.25, -0.2) is 0 Å². The summed E-state index contributed by atoms with van der Waals surface area (Å²) in [6.45, 7) is 9.35. The minimum absolute atomic E-state index is 0.0178. The maximum Gasteiger partial charge on any atom is 0.208 e. The van der Waals surface area contributed by atoms with Gasteiger partial charge in [-0.2, -0.15) is 0 Å². The second-order valence-corrected chi connectivity index (χ2v) is 18.4. The number of aromatic hydroxyl groups is 5. The van der Waals surface area contributed by atoms with Crippen molar-refractivity contribution in [3.05, 3.63) is 197 Å². The van der Waals surface area contributed by atoms with Crippen LogP contribution in [0.4, 0.5) is 17.1 Å². The molecule has 64 heavy (non-hydrogen) atoms. The van der Waals surface area contributed by atoms with Gasteiger partial charge in [0.1, 0.15) is 0 Å². The molecule has 0 saturated heterocycles. The normalized spacial score (nSPS) is 16.2. The molecule has 0 aromatic heterocycles. The van der Waals surface area contributed by atoms with Gasteiger partial charge in [0.2, 0.25) is 17.2 Å². The van der Waals surface area contributed by atoms with E-state index in [-0.39, 0.29) is 22.3 Å². The Morgan fingerprint density at radius 1 is 0.469 bits per heavy atom. The highest BCUT2D eigenvalue weighted by molar-refractivity contribution is 6.06. The van der Waals surface area contributed by atoms with E-state index in [4.69, 9.17) is 0 Å². The minimum atomic E-state index is -0.971. The summed E-state index contributed by atoms with van der Waals surface area (Å²) in [7, 11) is 0. The van der Waals surface area contributed by atoms with E-state index in [1.807, 2.05) is 12.2 Å². The summed E-state index contributed by atoms with van der Waals surface area (Å²) in [5.41, 5.74) is 17.1. The van der Waals surface area contributed by atoms with E-state index in [9.17, 15) is 25.5 Å². The number of rotatable bonds is 6. The van der Waals surface area contributed by atoms with Crippen molar-refractivity contribution in [3.63, 3.8) is 0 Å². The van der Waals surface area contributed by atoms with Crippen LogP contribution in [0, 0.1) is 0 Å². The lowest BCUT2D eigenvalue weighted by Crippen LogP contribution is -2.18. The van der Waals surface area contributed by atoms with Crippen LogP contribution in [0.5, 0.6) is 28.7 Å². The van der Waals surface area contributed by atoms with Gasteiger partial charge in [-0.05, 0) is 109 Å². The van der Waals surface area contributed by atoms with Crippen LogP contribution in [0.25, 0.3) is 49.7 Å². The standard InChI is InChI=1S/C58H47NO5/c1-57(2)46-15-9-7-12-41(46)43-27-25-37(31-48(43)57)59(38-26-28-44-42-13-8-10-16-47(42)58(3,4)49(44)32-38)50-30-29-39(40-11-5-6-14-45(40)50)35-21-17-33(18-22-35)34-19-23-36(24-20-34)51-52(60)54(62)56(64)55(63)53(51)61/h5-19,21-32,34,60-64H,20H2,1-4H3. The number of nitrogens with zero attached hydrogens (tertiary/aromatic N) is 1. The summed E-state index contributed by atoms with van der Waals surface area (Å²) in [4.78, 5) is 2.45. The maximum atomic E-state index is 10.5. The van der Waals surface area contributed by atoms with Crippen LogP contribution in [0.2, 0.25) is 0 Å². The molecule has 3 aliphatic rings. The summed E-state index contributed by atoms with van der Waals surface area (Å²) >= 11 is 0. The van der Waals surface area contributed by atoms with Crippen molar-refractivity contribution in [1.29, 1.82) is 0 Å². The van der Waals surface area contributed by atoms with Crippen LogP contribution < -0.4 is 4.90 Å². The molecule has 8 aromatic carbocycles. The Balaban J connectivity index is 0.987. The Labute approximate surface area is 372 Å². The van der Waals surface area contributed by atoms with Crippen molar-refractivity contribution in [2.24, 2.45) is 0 Å². The van der Waals surface area contributed by atoms with Gasteiger partial charge in [-0.15, -0.1) is 0 Å². The third-order valence-electron chi connectivity index (χ3n) is 14.2. The Hall–Kier alpha value is -7.70. The molecule has 0 radical (unpaired) electrons. The van der Waals surface area contributed by atoms with Crippen LogP contribution in [-0.4, -0.2) is 25.5 Å². The summed E-state index contributed by atoms with van der Waals surface area (Å²) in [5, 5.41) is 53.4. The lowest BCUT2D eigenvalue weighted by molar-refractivity contribution is 0.327. The van der Waals surface area contributed by atoms with Gasteiger partial charge in [-0.1, -0.05) is 161 Å². The quantitative estimate of drug-likeness (QED) is 0.0844. The van der Waals surface area contributed by atoms with E-state index in [0.717, 1.165) is 44.5 Å². The lowest BCUT2D eigenvalue weighted by Gasteiger charge is -2.31. The molecule has 1 atom stereocenters. The topological polar surface area (TPSA) is 104 Å². The van der Waals surface area contributed by atoms with Gasteiger partial charge < -0.3 is 30.4 Å². The third kappa shape index (κ3) is 5.71. The van der Waals surface area contributed by atoms with Gasteiger partial charge in [0.15, 0.2) is 11.5 Å². The van der Waals surface area contributed by atoms with E-state index in [2.05, 4.69) is 178 Å². The number of benzene rings is 8. The van der Waals surface area contributed by atoms with E-state index in [1.54, 1.807) is 6.08 Å². The molecule has 11 rings (SSSR count). The van der Waals surface area contributed by atoms with Crippen LogP contribution in [0.15, 0.2) is 164 Å². The van der Waals surface area contributed by atoms with Crippen LogP contribution in [0.1, 0.15) is 73.4 Å². The fourth-order valence-corrected chi connectivity index (χ4v) is 10.7. The minimum Gasteiger partial charge on any atom is -0.504 e. The van der Waals surface area contributed by atoms with Crippen molar-refractivity contribution >= 4 is 33.4 Å². The largest absolute Gasteiger partial charge is 0.504 e. The molecule has 6 nitrogen and oxygen atoms in total. The van der Waals surface area contributed by atoms with Crippen LogP contribution >= 0.6 is 0 Å². The van der Waals surface area contributed by atoms with Gasteiger partial charge in [0.05, 0.1) is 11.3 Å². The number of allylic oxidation sites excluding steroid dienone is 4. The van der Waals surface area contributed by atoms with Gasteiger partial charge in [0.25, 0.3) is 0 Å². The molecule has 0 saturated carbocycles. The monoisotopic (exact) mass is 837 g/mol. The van der Waals surface area contributed by atoms with Gasteiger partial charge in [-0.3, -0.25) is 0 Å². The first kappa shape index (κ1) is 39.2. The van der Waals surface area contributed by atoms with E-state index < -0.39 is 28.7 Å². The predicted octanol–water partition coefficient (Wildman–Crippen LogP) is 14.2. The molecule has 0 spiro atoms. The smallest absolute Gasteiger partial charge is 0.208 e. The highest BCUT2D eigenvalue weighted by Gasteiger charge is 2.38. The third-order valence-corrected chi connectivity index (χ3v) is 14.2. The van der Waals surface area contributed by atoms with E-state index in [0.29, 0.717) is 12.0 Å². The van der Waals surface area contributed by atoms with Crippen LogP contribution in [0.3, 0.4) is 0 Å². The summed E-state index contributed by atoms with van der Waals surface area (Å²) in [6.07, 6.45) is 6.10. The Morgan fingerprint density at radius 2 is 0.953 bits per heavy atom. The van der Waals surface area contributed by atoms with E-state index >= 15 is 0 Å². The summed E-state index contributed by atoms with van der Waals surface area (Å²) in [5.74, 6) is -4.12. The first-order valence-corrected chi connectivity index (χ1v) is 21.8. The number of hydrogen-bond acceptors (Lipinski definition) is 6. The molecule has 8 aromatic rings. The summed E-state index contributed by atoms with van der Waals surface area (Å²) in [6, 6.07) is 53.4. The van der Waals surface area contributed by atoms with Gasteiger partial charge >= 0.3 is 0 Å². The molecule has 314 valence electrons. The van der Waals surface area contributed by atoms with Crippen LogP contribution in [-0.2, 0) is 10.8 Å². The van der Waals surface area contributed by atoms with Crippen molar-refractivity contribution in [2.75, 3.05) is 4.90 Å². The van der Waals surface area contributed by atoms with Gasteiger partial charge in [0, 0.05) is 33.5 Å². The number of phenolic OH excluding ortho intramolecular Hbond substituents is 5. The average molecular weight is 838 g/mol. The molecular formula is C58H47NO5. The molecular weight excluding hydrogens is 791 g/mol. The number of phenols is 5. The van der Waals surface area contributed by atoms with Crippen molar-refractivity contribution < 1.29 is 25.5 Å². The molecule has 1 unspecified atom stereocenters. The number of hydrogen-bond donors (Lipinski definition) is 5. The molecule has 0 fully saturated rings. The highest BCUT2D eigenvalue weighted by atomic mass is 16.4. The molecule has 0 heterocycles. The van der Waals surface area contributed by atoms with Crippen molar-refractivity contribution in [3.8, 4) is 62.1 Å². The molecule has 6 heteroatoms. The molecule has 0 aliphatic heterocycles. The second kappa shape index (κ2) is 14.2. The Morgan fingerprint density at radius 3 is 1.50 bits per heavy atom. The molecule has 3 aliphatic carbocycles. The Bertz CT molecular complexity index is 3180. The average Bonchev–Trinajstić information content (AvgIpc) is 3.69. The zero-order valence-corrected chi connectivity index (χ0v) is 36.1. The van der Waals surface area contributed by atoms with Crippen molar-refractivity contribution in [1.82, 2.24) is 0 Å². The predicted molar refractivity (Wildman–Crippen MR) is 258 cm³/mol. The molecule has 0 amide bonds. The summed E-state index contributed by atoms with van der Waals surface area (Å²) < 4.78 is 0. The SMILES string of the molecule is CC1(C)c2ccccc2-c2ccc(N(c3ccc4c(c3)C(C)(C)c3ccccc3-4)c3ccc(-c4ccc(C5C=CC(c6c(O)c(O)c(O)c(O)c6O)=CC5)cc4)c4ccccc34)cc21. The lowest BCUT2D eigenvalue weighted by atomic mass is 9.82. The Kier molecular flexibility index (Phi) is 8.67. The van der Waals surface area contributed by atoms with Crippen molar-refractivity contribution in [2.45, 2.75) is 50.9 Å². The maximum absolute atomic E-state index is 10.5. The van der Waals surface area contributed by atoms with E-state index in [1.165, 1.54) is 44.5 Å². The molecule has 0 bridgehead atoms. The number of anilines is 3. The second-order valence-electron chi connectivity index (χ2n) is 18.4. The first-order valence-electron chi connectivity index (χ1n) is 21.8. The number of fused-ring (bicyclic) bond motifs is 7. The zero-order chi connectivity index (χ0) is 44.2. The fourth-order valence-electron chi connectivity index (χ4n) is 10.7. The fraction of sp³-hybridized carbons (Fsp3) is 0.138. The molecule has 5 N–H and O–H groups in total. The zero-order valence-electron chi connectivity index (χ0n) is 36.1. The first-order chi connectivity index (χ1) is 30.8.